The Morgan fingerprint density at radius 2 is 2.08 bits per heavy atom. The Bertz CT molecular complexity index is 109. The van der Waals surface area contributed by atoms with E-state index in [-0.39, 0.29) is 6.61 Å². The molecule has 0 saturated heterocycles. The number of likely N-dealkylation sites (N-methyl/N-ethyl adjacent to an activating group) is 1. The second kappa shape index (κ2) is 8.48. The first kappa shape index (κ1) is 12.9. The third-order valence-electron chi connectivity index (χ3n) is 2.35. The summed E-state index contributed by atoms with van der Waals surface area (Å²) in [5.41, 5.74) is 0. The lowest BCUT2D eigenvalue weighted by Gasteiger charge is -2.26. The van der Waals surface area contributed by atoms with Crippen molar-refractivity contribution in [3.8, 4) is 0 Å². The maximum Gasteiger partial charge on any atom is 0.0558 e. The van der Waals surface area contributed by atoms with Gasteiger partial charge >= 0.3 is 0 Å². The van der Waals surface area contributed by atoms with E-state index in [2.05, 4.69) is 18.9 Å². The number of hydrogen-bond donors (Lipinski definition) is 1. The van der Waals surface area contributed by atoms with Crippen LogP contribution in [-0.4, -0.2) is 49.5 Å². The molecule has 3 heteroatoms. The SMILES string of the molecule is CCOCCC(CC)N(C)CCO. The molecule has 13 heavy (non-hydrogen) atoms. The molecule has 0 aromatic carbocycles. The summed E-state index contributed by atoms with van der Waals surface area (Å²) in [5, 5.41) is 8.78. The molecule has 0 fully saturated rings. The third kappa shape index (κ3) is 6.02. The summed E-state index contributed by atoms with van der Waals surface area (Å²) in [6, 6.07) is 0.540. The first-order valence-corrected chi connectivity index (χ1v) is 5.15. The van der Waals surface area contributed by atoms with Crippen molar-refractivity contribution < 1.29 is 9.84 Å². The van der Waals surface area contributed by atoms with Crippen LogP contribution in [0, 0.1) is 0 Å². The molecular formula is C10H23NO2. The van der Waals surface area contributed by atoms with Crippen LogP contribution in [0.5, 0.6) is 0 Å². The minimum atomic E-state index is 0.238. The van der Waals surface area contributed by atoms with Crippen molar-refractivity contribution in [3.63, 3.8) is 0 Å². The molecule has 0 radical (unpaired) electrons. The van der Waals surface area contributed by atoms with E-state index in [1.807, 2.05) is 6.92 Å². The van der Waals surface area contributed by atoms with Gasteiger partial charge < -0.3 is 14.7 Å². The van der Waals surface area contributed by atoms with Gasteiger partial charge in [-0.15, -0.1) is 0 Å². The van der Waals surface area contributed by atoms with Crippen LogP contribution in [-0.2, 0) is 4.74 Å². The van der Waals surface area contributed by atoms with Gasteiger partial charge in [0.05, 0.1) is 6.61 Å². The van der Waals surface area contributed by atoms with E-state index >= 15 is 0 Å². The Kier molecular flexibility index (Phi) is 8.40. The van der Waals surface area contributed by atoms with Crippen LogP contribution in [0.3, 0.4) is 0 Å². The predicted octanol–water partition coefficient (Wildman–Crippen LogP) is 1.12. The van der Waals surface area contributed by atoms with Crippen LogP contribution in [0.2, 0.25) is 0 Å². The van der Waals surface area contributed by atoms with E-state index in [0.29, 0.717) is 6.04 Å². The molecule has 3 nitrogen and oxygen atoms in total. The summed E-state index contributed by atoms with van der Waals surface area (Å²) >= 11 is 0. The molecule has 0 amide bonds. The average molecular weight is 189 g/mol. The monoisotopic (exact) mass is 189 g/mol. The molecule has 1 N–H and O–H groups in total. The molecule has 0 rings (SSSR count). The Hall–Kier alpha value is -0.120. The fraction of sp³-hybridized carbons (Fsp3) is 1.00. The zero-order valence-corrected chi connectivity index (χ0v) is 9.12. The first-order valence-electron chi connectivity index (χ1n) is 5.15. The summed E-state index contributed by atoms with van der Waals surface area (Å²) < 4.78 is 5.30. The van der Waals surface area contributed by atoms with Gasteiger partial charge in [-0.25, -0.2) is 0 Å². The molecule has 0 aromatic heterocycles. The summed E-state index contributed by atoms with van der Waals surface area (Å²) in [6.45, 7) is 6.79. The fourth-order valence-electron chi connectivity index (χ4n) is 1.44. The minimum absolute atomic E-state index is 0.238. The summed E-state index contributed by atoms with van der Waals surface area (Å²) in [5.74, 6) is 0. The second-order valence-electron chi connectivity index (χ2n) is 3.25. The van der Waals surface area contributed by atoms with Crippen LogP contribution in [0.25, 0.3) is 0 Å². The average Bonchev–Trinajstić information content (AvgIpc) is 2.13. The second-order valence-corrected chi connectivity index (χ2v) is 3.25. The van der Waals surface area contributed by atoms with Crippen molar-refractivity contribution in [1.29, 1.82) is 0 Å². The Morgan fingerprint density at radius 1 is 1.38 bits per heavy atom. The normalized spacial score (nSPS) is 13.6. The van der Waals surface area contributed by atoms with Crippen LogP contribution in [0.4, 0.5) is 0 Å². The van der Waals surface area contributed by atoms with Gasteiger partial charge in [0.1, 0.15) is 0 Å². The highest BCUT2D eigenvalue weighted by Gasteiger charge is 2.11. The lowest BCUT2D eigenvalue weighted by Crippen LogP contribution is -2.34. The predicted molar refractivity (Wildman–Crippen MR) is 54.9 cm³/mol. The van der Waals surface area contributed by atoms with Crippen LogP contribution in [0.1, 0.15) is 26.7 Å². The van der Waals surface area contributed by atoms with Crippen molar-refractivity contribution in [2.24, 2.45) is 0 Å². The quantitative estimate of drug-likeness (QED) is 0.581. The minimum Gasteiger partial charge on any atom is -0.395 e. The lowest BCUT2D eigenvalue weighted by atomic mass is 10.1. The van der Waals surface area contributed by atoms with Gasteiger partial charge in [-0.1, -0.05) is 6.92 Å². The van der Waals surface area contributed by atoms with E-state index in [9.17, 15) is 0 Å². The van der Waals surface area contributed by atoms with Gasteiger partial charge in [-0.3, -0.25) is 0 Å². The molecule has 0 bridgehead atoms. The van der Waals surface area contributed by atoms with Crippen molar-refractivity contribution in [2.75, 3.05) is 33.4 Å². The summed E-state index contributed by atoms with van der Waals surface area (Å²) in [7, 11) is 2.05. The highest BCUT2D eigenvalue weighted by Crippen LogP contribution is 2.06. The molecule has 0 aliphatic rings. The molecule has 1 unspecified atom stereocenters. The molecule has 0 heterocycles. The van der Waals surface area contributed by atoms with E-state index in [0.717, 1.165) is 32.6 Å². The maximum absolute atomic E-state index is 8.78. The van der Waals surface area contributed by atoms with E-state index in [4.69, 9.17) is 9.84 Å². The molecule has 80 valence electrons. The van der Waals surface area contributed by atoms with Crippen LogP contribution < -0.4 is 0 Å². The Balaban J connectivity index is 3.60. The highest BCUT2D eigenvalue weighted by molar-refractivity contribution is 4.66. The number of nitrogens with zero attached hydrogens (tertiary/aromatic N) is 1. The van der Waals surface area contributed by atoms with Gasteiger partial charge in [0, 0.05) is 25.8 Å². The largest absolute Gasteiger partial charge is 0.395 e. The number of hydrogen-bond acceptors (Lipinski definition) is 3. The standard InChI is InChI=1S/C10H23NO2/c1-4-10(6-9-13-5-2)11(3)7-8-12/h10,12H,4-9H2,1-3H3. The summed E-state index contributed by atoms with van der Waals surface area (Å²) in [4.78, 5) is 2.19. The number of ether oxygens (including phenoxy) is 1. The van der Waals surface area contributed by atoms with E-state index in [1.54, 1.807) is 0 Å². The van der Waals surface area contributed by atoms with Crippen LogP contribution >= 0.6 is 0 Å². The van der Waals surface area contributed by atoms with Gasteiger partial charge in [-0.2, -0.15) is 0 Å². The molecular weight excluding hydrogens is 166 g/mol. The van der Waals surface area contributed by atoms with Gasteiger partial charge in [0.2, 0.25) is 0 Å². The summed E-state index contributed by atoms with van der Waals surface area (Å²) in [6.07, 6.45) is 2.17. The van der Waals surface area contributed by atoms with Gasteiger partial charge in [-0.05, 0) is 26.8 Å². The Morgan fingerprint density at radius 3 is 2.54 bits per heavy atom. The van der Waals surface area contributed by atoms with Crippen molar-refractivity contribution in [1.82, 2.24) is 4.90 Å². The topological polar surface area (TPSA) is 32.7 Å². The van der Waals surface area contributed by atoms with Crippen LogP contribution in [0.15, 0.2) is 0 Å². The zero-order chi connectivity index (χ0) is 10.1. The fourth-order valence-corrected chi connectivity index (χ4v) is 1.44. The van der Waals surface area contributed by atoms with E-state index < -0.39 is 0 Å². The molecule has 0 saturated carbocycles. The molecule has 0 aliphatic carbocycles. The third-order valence-corrected chi connectivity index (χ3v) is 2.35. The lowest BCUT2D eigenvalue weighted by molar-refractivity contribution is 0.104. The highest BCUT2D eigenvalue weighted by atomic mass is 16.5. The smallest absolute Gasteiger partial charge is 0.0558 e. The van der Waals surface area contributed by atoms with Crippen molar-refractivity contribution in [3.05, 3.63) is 0 Å². The van der Waals surface area contributed by atoms with Gasteiger partial charge in [0.25, 0.3) is 0 Å². The molecule has 0 aliphatic heterocycles. The molecule has 0 aromatic rings. The maximum atomic E-state index is 8.78. The zero-order valence-electron chi connectivity index (χ0n) is 9.12. The number of rotatable bonds is 8. The van der Waals surface area contributed by atoms with Crippen molar-refractivity contribution >= 4 is 0 Å². The number of aliphatic hydroxyl groups is 1. The molecule has 0 spiro atoms. The van der Waals surface area contributed by atoms with Gasteiger partial charge in [0.15, 0.2) is 0 Å². The Labute approximate surface area is 81.7 Å². The van der Waals surface area contributed by atoms with Crippen molar-refractivity contribution in [2.45, 2.75) is 32.7 Å². The molecule has 1 atom stereocenters. The first-order chi connectivity index (χ1) is 6.26. The van der Waals surface area contributed by atoms with E-state index in [1.165, 1.54) is 0 Å². The number of aliphatic hydroxyl groups excluding tert-OH is 1.